The van der Waals surface area contributed by atoms with E-state index in [0.29, 0.717) is 29.3 Å². The number of ether oxygens (including phenoxy) is 3. The maximum Gasteiger partial charge on any atom is 0.264 e. The van der Waals surface area contributed by atoms with Gasteiger partial charge in [0.05, 0.1) is 30.9 Å². The number of carbonyl (C=O) groups excluding carboxylic acids is 1. The first-order chi connectivity index (χ1) is 14.4. The molecule has 1 aliphatic heterocycles. The topological polar surface area (TPSA) is 94.2 Å². The summed E-state index contributed by atoms with van der Waals surface area (Å²) in [4.78, 5) is 12.4. The minimum Gasteiger partial charge on any atom is -0.493 e. The molecule has 1 amide bonds. The molecule has 1 fully saturated rings. The van der Waals surface area contributed by atoms with E-state index < -0.39 is 10.0 Å². The van der Waals surface area contributed by atoms with E-state index in [1.165, 1.54) is 33.4 Å². The Kier molecular flexibility index (Phi) is 6.84. The third-order valence-corrected chi connectivity index (χ3v) is 6.80. The Hall–Kier alpha value is -2.78. The van der Waals surface area contributed by atoms with Gasteiger partial charge in [-0.05, 0) is 49.2 Å². The van der Waals surface area contributed by atoms with Crippen LogP contribution in [0.25, 0.3) is 0 Å². The number of amides is 1. The van der Waals surface area contributed by atoms with Crippen molar-refractivity contribution in [3.63, 3.8) is 0 Å². The average Bonchev–Trinajstić information content (AvgIpc) is 3.30. The number of rotatable bonds is 8. The van der Waals surface area contributed by atoms with Crippen LogP contribution in [-0.4, -0.2) is 54.8 Å². The van der Waals surface area contributed by atoms with Gasteiger partial charge in [-0.2, -0.15) is 0 Å². The van der Waals surface area contributed by atoms with E-state index in [4.69, 9.17) is 14.2 Å². The first-order valence-electron chi connectivity index (χ1n) is 9.57. The second-order valence-electron chi connectivity index (χ2n) is 6.88. The van der Waals surface area contributed by atoms with Crippen LogP contribution in [0, 0.1) is 0 Å². The van der Waals surface area contributed by atoms with Gasteiger partial charge in [0, 0.05) is 31.8 Å². The van der Waals surface area contributed by atoms with Gasteiger partial charge in [-0.1, -0.05) is 0 Å². The lowest BCUT2D eigenvalue weighted by atomic mass is 10.2. The number of anilines is 1. The quantitative estimate of drug-likeness (QED) is 0.686. The predicted octanol–water partition coefficient (Wildman–Crippen LogP) is 2.44. The highest BCUT2D eigenvalue weighted by Gasteiger charge is 2.23. The summed E-state index contributed by atoms with van der Waals surface area (Å²) in [6.45, 7) is 1.20. The normalized spacial score (nSPS) is 16.2. The summed E-state index contributed by atoms with van der Waals surface area (Å²) in [5.74, 6) is 0.546. The molecule has 0 aromatic heterocycles. The van der Waals surface area contributed by atoms with Crippen LogP contribution in [0.4, 0.5) is 5.69 Å². The molecule has 0 unspecified atom stereocenters. The van der Waals surface area contributed by atoms with Crippen LogP contribution < -0.4 is 19.1 Å². The molecule has 1 aliphatic rings. The van der Waals surface area contributed by atoms with Gasteiger partial charge in [0.2, 0.25) is 0 Å². The number of carbonyl (C=O) groups is 1. The van der Waals surface area contributed by atoms with Gasteiger partial charge in [-0.15, -0.1) is 0 Å². The summed E-state index contributed by atoms with van der Waals surface area (Å²) in [6, 6.07) is 10.8. The summed E-state index contributed by atoms with van der Waals surface area (Å²) in [5, 5.41) is 2.85. The van der Waals surface area contributed by atoms with E-state index in [-0.39, 0.29) is 16.9 Å². The number of nitrogens with one attached hydrogen (secondary N) is 1. The van der Waals surface area contributed by atoms with E-state index >= 15 is 0 Å². The largest absolute Gasteiger partial charge is 0.493 e. The average molecular weight is 435 g/mol. The van der Waals surface area contributed by atoms with Gasteiger partial charge >= 0.3 is 0 Å². The molecule has 8 nitrogen and oxygen atoms in total. The maximum absolute atomic E-state index is 13.0. The van der Waals surface area contributed by atoms with Crippen molar-refractivity contribution in [2.45, 2.75) is 23.8 Å². The summed E-state index contributed by atoms with van der Waals surface area (Å²) in [6.07, 6.45) is 2.01. The number of benzene rings is 2. The molecule has 162 valence electrons. The molecular weight excluding hydrogens is 408 g/mol. The van der Waals surface area contributed by atoms with Crippen LogP contribution in [0.15, 0.2) is 47.4 Å². The smallest absolute Gasteiger partial charge is 0.264 e. The standard InChI is InChI=1S/C21H26N2O6S/c1-23(30(25,26)18-10-11-19(27-2)20(13-18)28-3)16-8-6-15(7-9-16)21(24)22-14-17-5-4-12-29-17/h6-11,13,17H,4-5,12,14H2,1-3H3,(H,22,24)/t17-/m0/s1. The molecule has 0 radical (unpaired) electrons. The third kappa shape index (κ3) is 4.68. The van der Waals surface area contributed by atoms with Gasteiger partial charge in [0.15, 0.2) is 11.5 Å². The number of hydrogen-bond donors (Lipinski definition) is 1. The highest BCUT2D eigenvalue weighted by molar-refractivity contribution is 7.92. The predicted molar refractivity (Wildman–Crippen MR) is 113 cm³/mol. The fraction of sp³-hybridized carbons (Fsp3) is 0.381. The number of methoxy groups -OCH3 is 2. The Morgan fingerprint density at radius 3 is 2.43 bits per heavy atom. The van der Waals surface area contributed by atoms with Crippen LogP contribution in [0.5, 0.6) is 11.5 Å². The zero-order valence-corrected chi connectivity index (χ0v) is 18.1. The molecular formula is C21H26N2O6S. The zero-order valence-electron chi connectivity index (χ0n) is 17.3. The molecule has 1 N–H and O–H groups in total. The van der Waals surface area contributed by atoms with Crippen molar-refractivity contribution in [3.8, 4) is 11.5 Å². The highest BCUT2D eigenvalue weighted by atomic mass is 32.2. The van der Waals surface area contributed by atoms with Crippen LogP contribution >= 0.6 is 0 Å². The molecule has 1 atom stereocenters. The second-order valence-corrected chi connectivity index (χ2v) is 8.85. The minimum absolute atomic E-state index is 0.0611. The van der Waals surface area contributed by atoms with Gasteiger partial charge in [-0.25, -0.2) is 8.42 Å². The Morgan fingerprint density at radius 1 is 1.13 bits per heavy atom. The van der Waals surface area contributed by atoms with Crippen LogP contribution in [-0.2, 0) is 14.8 Å². The number of hydrogen-bond acceptors (Lipinski definition) is 6. The van der Waals surface area contributed by atoms with E-state index in [2.05, 4.69) is 5.32 Å². The molecule has 0 bridgehead atoms. The van der Waals surface area contributed by atoms with Crippen molar-refractivity contribution >= 4 is 21.6 Å². The molecule has 1 heterocycles. The third-order valence-electron chi connectivity index (χ3n) is 5.02. The fourth-order valence-electron chi connectivity index (χ4n) is 3.21. The SMILES string of the molecule is COc1ccc(S(=O)(=O)N(C)c2ccc(C(=O)NC[C@@H]3CCCO3)cc2)cc1OC. The van der Waals surface area contributed by atoms with Crippen molar-refractivity contribution in [1.29, 1.82) is 0 Å². The number of nitrogens with zero attached hydrogens (tertiary/aromatic N) is 1. The Balaban J connectivity index is 1.72. The summed E-state index contributed by atoms with van der Waals surface area (Å²) in [5.41, 5.74) is 0.883. The molecule has 9 heteroatoms. The molecule has 3 rings (SSSR count). The van der Waals surface area contributed by atoms with Gasteiger partial charge < -0.3 is 19.5 Å². The summed E-state index contributed by atoms with van der Waals surface area (Å²) < 4.78 is 43.0. The zero-order chi connectivity index (χ0) is 21.7. The molecule has 0 aliphatic carbocycles. The van der Waals surface area contributed by atoms with Crippen molar-refractivity contribution in [3.05, 3.63) is 48.0 Å². The minimum atomic E-state index is -3.82. The first kappa shape index (κ1) is 21.9. The Labute approximate surface area is 176 Å². The van der Waals surface area contributed by atoms with Crippen molar-refractivity contribution in [1.82, 2.24) is 5.32 Å². The Morgan fingerprint density at radius 2 is 1.83 bits per heavy atom. The van der Waals surface area contributed by atoms with Crippen LogP contribution in [0.1, 0.15) is 23.2 Å². The van der Waals surface area contributed by atoms with Crippen LogP contribution in [0.3, 0.4) is 0 Å². The van der Waals surface area contributed by atoms with Crippen molar-refractivity contribution in [2.75, 3.05) is 38.7 Å². The van der Waals surface area contributed by atoms with E-state index in [1.54, 1.807) is 30.3 Å². The molecule has 2 aromatic rings. The van der Waals surface area contributed by atoms with Crippen molar-refractivity contribution < 1.29 is 27.4 Å². The molecule has 2 aromatic carbocycles. The molecule has 0 saturated carbocycles. The lowest BCUT2D eigenvalue weighted by Crippen LogP contribution is -2.31. The summed E-state index contributed by atoms with van der Waals surface area (Å²) in [7, 11) is 0.561. The second kappa shape index (κ2) is 9.36. The Bertz CT molecular complexity index is 985. The first-order valence-corrected chi connectivity index (χ1v) is 11.0. The molecule has 30 heavy (non-hydrogen) atoms. The monoisotopic (exact) mass is 434 g/mol. The van der Waals surface area contributed by atoms with Crippen LogP contribution in [0.2, 0.25) is 0 Å². The summed E-state index contributed by atoms with van der Waals surface area (Å²) >= 11 is 0. The van der Waals surface area contributed by atoms with Crippen molar-refractivity contribution in [2.24, 2.45) is 0 Å². The fourth-order valence-corrected chi connectivity index (χ4v) is 4.42. The van der Waals surface area contributed by atoms with E-state index in [9.17, 15) is 13.2 Å². The van der Waals surface area contributed by atoms with E-state index in [1.807, 2.05) is 0 Å². The number of sulfonamides is 1. The van der Waals surface area contributed by atoms with Gasteiger partial charge in [0.25, 0.3) is 15.9 Å². The maximum atomic E-state index is 13.0. The lowest BCUT2D eigenvalue weighted by molar-refractivity contribution is 0.0858. The molecule has 1 saturated heterocycles. The van der Waals surface area contributed by atoms with Gasteiger partial charge in [-0.3, -0.25) is 9.10 Å². The van der Waals surface area contributed by atoms with E-state index in [0.717, 1.165) is 23.8 Å². The van der Waals surface area contributed by atoms with Gasteiger partial charge in [0.1, 0.15) is 0 Å². The molecule has 0 spiro atoms. The lowest BCUT2D eigenvalue weighted by Gasteiger charge is -2.20. The highest BCUT2D eigenvalue weighted by Crippen LogP contribution is 2.31.